The van der Waals surface area contributed by atoms with Gasteiger partial charge in [-0.1, -0.05) is 12.8 Å². The average Bonchev–Trinajstić information content (AvgIpc) is 2.47. The minimum Gasteiger partial charge on any atom is -0.481 e. The molecule has 1 saturated carbocycles. The Morgan fingerprint density at radius 1 is 1.29 bits per heavy atom. The highest BCUT2D eigenvalue weighted by Crippen LogP contribution is 2.32. The van der Waals surface area contributed by atoms with Gasteiger partial charge in [-0.05, 0) is 25.0 Å². The Hall–Kier alpha value is -2.11. The largest absolute Gasteiger partial charge is 0.481 e. The number of pyridine rings is 1. The molecule has 0 spiro atoms. The molecule has 0 aliphatic heterocycles. The van der Waals surface area contributed by atoms with E-state index in [9.17, 15) is 14.7 Å². The molecule has 2 rings (SSSR count). The van der Waals surface area contributed by atoms with Crippen LogP contribution in [-0.4, -0.2) is 36.1 Å². The molecular weight excluding hydrogens is 270 g/mol. The zero-order valence-electron chi connectivity index (χ0n) is 12.4. The lowest BCUT2D eigenvalue weighted by Gasteiger charge is -2.28. The predicted octanol–water partition coefficient (Wildman–Crippen LogP) is 1.98. The fourth-order valence-electron chi connectivity index (χ4n) is 2.82. The SMILES string of the molecule is CN(C)c1ncccc1NC(=O)[C@@H]1CCCC[C@@H]1C(=O)O. The Balaban J connectivity index is 2.15. The highest BCUT2D eigenvalue weighted by atomic mass is 16.4. The van der Waals surface area contributed by atoms with Crippen molar-refractivity contribution in [2.45, 2.75) is 25.7 Å². The van der Waals surface area contributed by atoms with Gasteiger partial charge in [0.05, 0.1) is 17.5 Å². The van der Waals surface area contributed by atoms with Crippen LogP contribution >= 0.6 is 0 Å². The molecule has 0 unspecified atom stereocenters. The molecule has 21 heavy (non-hydrogen) atoms. The number of nitrogens with one attached hydrogen (secondary N) is 1. The van der Waals surface area contributed by atoms with Gasteiger partial charge in [-0.15, -0.1) is 0 Å². The summed E-state index contributed by atoms with van der Waals surface area (Å²) in [7, 11) is 3.69. The van der Waals surface area contributed by atoms with E-state index in [0.717, 1.165) is 12.8 Å². The van der Waals surface area contributed by atoms with Crippen molar-refractivity contribution in [1.82, 2.24) is 4.98 Å². The lowest BCUT2D eigenvalue weighted by Crippen LogP contribution is -2.36. The average molecular weight is 291 g/mol. The number of aromatic nitrogens is 1. The summed E-state index contributed by atoms with van der Waals surface area (Å²) in [6.07, 6.45) is 4.62. The van der Waals surface area contributed by atoms with E-state index in [1.807, 2.05) is 19.0 Å². The summed E-state index contributed by atoms with van der Waals surface area (Å²) in [4.78, 5) is 29.8. The van der Waals surface area contributed by atoms with E-state index in [1.54, 1.807) is 18.3 Å². The summed E-state index contributed by atoms with van der Waals surface area (Å²) >= 11 is 0. The molecule has 6 heteroatoms. The Morgan fingerprint density at radius 2 is 1.95 bits per heavy atom. The monoisotopic (exact) mass is 291 g/mol. The van der Waals surface area contributed by atoms with Crippen molar-refractivity contribution in [2.24, 2.45) is 11.8 Å². The van der Waals surface area contributed by atoms with Crippen LogP contribution in [0.1, 0.15) is 25.7 Å². The van der Waals surface area contributed by atoms with E-state index in [2.05, 4.69) is 10.3 Å². The number of hydrogen-bond donors (Lipinski definition) is 2. The van der Waals surface area contributed by atoms with Crippen LogP contribution in [-0.2, 0) is 9.59 Å². The topological polar surface area (TPSA) is 82.5 Å². The van der Waals surface area contributed by atoms with Crippen LogP contribution in [0.5, 0.6) is 0 Å². The first kappa shape index (κ1) is 15.3. The lowest BCUT2D eigenvalue weighted by atomic mass is 9.78. The molecule has 0 bridgehead atoms. The summed E-state index contributed by atoms with van der Waals surface area (Å²) in [5.41, 5.74) is 0.613. The number of hydrogen-bond acceptors (Lipinski definition) is 4. The maximum Gasteiger partial charge on any atom is 0.307 e. The molecule has 1 aromatic rings. The molecule has 2 N–H and O–H groups in total. The van der Waals surface area contributed by atoms with Crippen LogP contribution in [0.25, 0.3) is 0 Å². The number of aliphatic carboxylic acids is 1. The number of carbonyl (C=O) groups is 2. The van der Waals surface area contributed by atoms with Crippen molar-refractivity contribution in [3.8, 4) is 0 Å². The smallest absolute Gasteiger partial charge is 0.307 e. The second kappa shape index (κ2) is 6.56. The predicted molar refractivity (Wildman–Crippen MR) is 80.3 cm³/mol. The summed E-state index contributed by atoms with van der Waals surface area (Å²) in [6, 6.07) is 3.52. The highest BCUT2D eigenvalue weighted by Gasteiger charge is 2.35. The molecule has 1 amide bonds. The molecule has 1 aromatic heterocycles. The van der Waals surface area contributed by atoms with Crippen LogP contribution < -0.4 is 10.2 Å². The molecule has 1 fully saturated rings. The summed E-state index contributed by atoms with van der Waals surface area (Å²) in [5.74, 6) is -1.50. The Bertz CT molecular complexity index is 531. The van der Waals surface area contributed by atoms with Crippen molar-refractivity contribution in [1.29, 1.82) is 0 Å². The van der Waals surface area contributed by atoms with Gasteiger partial charge >= 0.3 is 5.97 Å². The molecule has 0 saturated heterocycles. The molecule has 6 nitrogen and oxygen atoms in total. The second-order valence-corrected chi connectivity index (χ2v) is 5.59. The van der Waals surface area contributed by atoms with Crippen LogP contribution in [0.4, 0.5) is 11.5 Å². The number of rotatable bonds is 4. The number of carboxylic acid groups (broad SMARTS) is 1. The van der Waals surface area contributed by atoms with Crippen molar-refractivity contribution in [3.05, 3.63) is 18.3 Å². The fourth-order valence-corrected chi connectivity index (χ4v) is 2.82. The zero-order valence-corrected chi connectivity index (χ0v) is 12.4. The zero-order chi connectivity index (χ0) is 15.4. The van der Waals surface area contributed by atoms with Gasteiger partial charge in [0.1, 0.15) is 0 Å². The van der Waals surface area contributed by atoms with E-state index in [4.69, 9.17) is 0 Å². The minimum absolute atomic E-state index is 0.224. The Labute approximate surface area is 124 Å². The summed E-state index contributed by atoms with van der Waals surface area (Å²) in [6.45, 7) is 0. The molecule has 1 aliphatic rings. The van der Waals surface area contributed by atoms with Crippen molar-refractivity contribution < 1.29 is 14.7 Å². The first-order chi connectivity index (χ1) is 10.0. The van der Waals surface area contributed by atoms with Gasteiger partial charge in [0.15, 0.2) is 5.82 Å². The van der Waals surface area contributed by atoms with Gasteiger partial charge in [0, 0.05) is 20.3 Å². The van der Waals surface area contributed by atoms with Crippen LogP contribution in [0.15, 0.2) is 18.3 Å². The molecule has 114 valence electrons. The second-order valence-electron chi connectivity index (χ2n) is 5.59. The Kier molecular flexibility index (Phi) is 4.77. The maximum absolute atomic E-state index is 12.4. The van der Waals surface area contributed by atoms with E-state index in [-0.39, 0.29) is 5.91 Å². The minimum atomic E-state index is -0.881. The normalized spacial score (nSPS) is 21.6. The number of amides is 1. The van der Waals surface area contributed by atoms with Gasteiger partial charge in [0.25, 0.3) is 0 Å². The molecule has 0 radical (unpaired) electrons. The summed E-state index contributed by atoms with van der Waals surface area (Å²) in [5, 5.41) is 12.1. The van der Waals surface area contributed by atoms with Crippen molar-refractivity contribution in [3.63, 3.8) is 0 Å². The standard InChI is InChI=1S/C15H21N3O3/c1-18(2)13-12(8-5-9-16-13)17-14(19)10-6-3-4-7-11(10)15(20)21/h5,8-11H,3-4,6-7H2,1-2H3,(H,17,19)(H,20,21)/t10-,11+/m1/s1. The highest BCUT2D eigenvalue weighted by molar-refractivity contribution is 5.97. The molecule has 0 aromatic carbocycles. The van der Waals surface area contributed by atoms with Crippen molar-refractivity contribution >= 4 is 23.4 Å². The van der Waals surface area contributed by atoms with Crippen LogP contribution in [0.3, 0.4) is 0 Å². The fraction of sp³-hybridized carbons (Fsp3) is 0.533. The first-order valence-electron chi connectivity index (χ1n) is 7.16. The van der Waals surface area contributed by atoms with Crippen molar-refractivity contribution in [2.75, 3.05) is 24.3 Å². The van der Waals surface area contributed by atoms with Crippen LogP contribution in [0.2, 0.25) is 0 Å². The maximum atomic E-state index is 12.4. The summed E-state index contributed by atoms with van der Waals surface area (Å²) < 4.78 is 0. The number of carbonyl (C=O) groups excluding carboxylic acids is 1. The van der Waals surface area contributed by atoms with E-state index in [1.165, 1.54) is 0 Å². The van der Waals surface area contributed by atoms with E-state index >= 15 is 0 Å². The van der Waals surface area contributed by atoms with Gasteiger partial charge in [-0.3, -0.25) is 9.59 Å². The van der Waals surface area contributed by atoms with Gasteiger partial charge in [-0.2, -0.15) is 0 Å². The number of nitrogens with zero attached hydrogens (tertiary/aromatic N) is 2. The quantitative estimate of drug-likeness (QED) is 0.886. The molecular formula is C15H21N3O3. The molecule has 1 heterocycles. The van der Waals surface area contributed by atoms with Gasteiger partial charge < -0.3 is 15.3 Å². The number of carboxylic acids is 1. The number of anilines is 2. The third kappa shape index (κ3) is 3.51. The Morgan fingerprint density at radius 3 is 2.57 bits per heavy atom. The molecule has 1 aliphatic carbocycles. The van der Waals surface area contributed by atoms with Crippen LogP contribution in [0, 0.1) is 11.8 Å². The van der Waals surface area contributed by atoms with E-state index < -0.39 is 17.8 Å². The third-order valence-corrected chi connectivity index (χ3v) is 3.89. The lowest BCUT2D eigenvalue weighted by molar-refractivity contribution is -0.147. The first-order valence-corrected chi connectivity index (χ1v) is 7.16. The molecule has 2 atom stereocenters. The van der Waals surface area contributed by atoms with E-state index in [0.29, 0.717) is 24.3 Å². The van der Waals surface area contributed by atoms with Gasteiger partial charge in [0.2, 0.25) is 5.91 Å². The third-order valence-electron chi connectivity index (χ3n) is 3.89. The van der Waals surface area contributed by atoms with Gasteiger partial charge in [-0.25, -0.2) is 4.98 Å².